The van der Waals surface area contributed by atoms with E-state index in [1.165, 1.54) is 0 Å². The monoisotopic (exact) mass is 286 g/mol. The third-order valence-electron chi connectivity index (χ3n) is 1.47. The molecular weight excluding hydrogens is 256 g/mol. The van der Waals surface area contributed by atoms with Crippen molar-refractivity contribution >= 4 is 22.5 Å². The third kappa shape index (κ3) is 14.2. The molecule has 0 atom stereocenters. The van der Waals surface area contributed by atoms with Gasteiger partial charge in [0.1, 0.15) is 0 Å². The zero-order valence-corrected chi connectivity index (χ0v) is 14.4. The molecule has 0 fully saturated rings. The van der Waals surface area contributed by atoms with Gasteiger partial charge in [-0.15, -0.1) is 0 Å². The Labute approximate surface area is 113 Å². The third-order valence-corrected chi connectivity index (χ3v) is 4.42. The van der Waals surface area contributed by atoms with E-state index < -0.39 is 14.6 Å². The molecule has 17 heavy (non-hydrogen) atoms. The van der Waals surface area contributed by atoms with E-state index in [2.05, 4.69) is 33.4 Å². The van der Waals surface area contributed by atoms with Gasteiger partial charge in [0, 0.05) is 11.9 Å². The van der Waals surface area contributed by atoms with Crippen LogP contribution >= 0.6 is 12.6 Å². The van der Waals surface area contributed by atoms with Crippen LogP contribution in [-0.2, 0) is 9.84 Å². The maximum Gasteiger partial charge on any atom is 0.157 e. The van der Waals surface area contributed by atoms with Crippen molar-refractivity contribution in [2.24, 2.45) is 0 Å². The van der Waals surface area contributed by atoms with E-state index in [4.69, 9.17) is 5.11 Å². The smallest absolute Gasteiger partial charge is 0.157 e. The molecule has 0 aliphatic carbocycles. The molecule has 0 unspecified atom stereocenters. The highest BCUT2D eigenvalue weighted by molar-refractivity contribution is 7.93. The Bertz CT molecular complexity index is 261. The fourth-order valence-electron chi connectivity index (χ4n) is 0.707. The van der Waals surface area contributed by atoms with Gasteiger partial charge in [0.2, 0.25) is 0 Å². The van der Waals surface area contributed by atoms with Crippen LogP contribution in [0.1, 0.15) is 55.4 Å². The Morgan fingerprint density at radius 3 is 1.12 bits per heavy atom. The van der Waals surface area contributed by atoms with Gasteiger partial charge in [0.15, 0.2) is 9.84 Å². The van der Waals surface area contributed by atoms with Gasteiger partial charge in [-0.1, -0.05) is 20.8 Å². The van der Waals surface area contributed by atoms with Crippen molar-refractivity contribution in [3.63, 3.8) is 0 Å². The Hall–Kier alpha value is 0.260. The van der Waals surface area contributed by atoms with E-state index >= 15 is 0 Å². The highest BCUT2D eigenvalue weighted by Gasteiger charge is 2.31. The van der Waals surface area contributed by atoms with Gasteiger partial charge >= 0.3 is 0 Å². The Morgan fingerprint density at radius 2 is 1.12 bits per heavy atom. The number of sulfone groups is 1. The van der Waals surface area contributed by atoms with Crippen LogP contribution in [0.3, 0.4) is 0 Å². The molecule has 0 heterocycles. The standard InChI is InChI=1S/C7H16O2S.C4H10S.CH4O/c1-6(2)10(8,9)7(3,4)5;1-4(2,3)5;1-2/h6H,1-5H3;5H,1-3H3;2H,1H3. The lowest BCUT2D eigenvalue weighted by molar-refractivity contribution is 0.399. The molecule has 0 saturated heterocycles. The first kappa shape index (κ1) is 22.4. The van der Waals surface area contributed by atoms with Crippen LogP contribution in [0.4, 0.5) is 0 Å². The normalized spacial score (nSPS) is 12.2. The van der Waals surface area contributed by atoms with Gasteiger partial charge in [-0.2, -0.15) is 12.6 Å². The molecule has 108 valence electrons. The highest BCUT2D eigenvalue weighted by Crippen LogP contribution is 2.19. The van der Waals surface area contributed by atoms with Crippen molar-refractivity contribution in [2.75, 3.05) is 7.11 Å². The lowest BCUT2D eigenvalue weighted by atomic mass is 10.3. The summed E-state index contributed by atoms with van der Waals surface area (Å²) in [5.41, 5.74) is 0. The van der Waals surface area contributed by atoms with Crippen LogP contribution in [-0.4, -0.2) is 35.4 Å². The molecule has 0 bridgehead atoms. The number of hydrogen-bond donors (Lipinski definition) is 2. The summed E-state index contributed by atoms with van der Waals surface area (Å²) >= 11 is 4.12. The summed E-state index contributed by atoms with van der Waals surface area (Å²) in [6.07, 6.45) is 0. The molecule has 0 aromatic heterocycles. The summed E-state index contributed by atoms with van der Waals surface area (Å²) in [6.45, 7) is 14.7. The second kappa shape index (κ2) is 8.38. The molecule has 0 amide bonds. The van der Waals surface area contributed by atoms with Gasteiger partial charge in [0.05, 0.1) is 10.00 Å². The number of aliphatic hydroxyl groups excluding tert-OH is 1. The molecule has 3 nitrogen and oxygen atoms in total. The van der Waals surface area contributed by atoms with Crippen LogP contribution in [0.5, 0.6) is 0 Å². The molecule has 0 radical (unpaired) electrons. The van der Waals surface area contributed by atoms with Crippen LogP contribution < -0.4 is 0 Å². The minimum absolute atomic E-state index is 0.194. The van der Waals surface area contributed by atoms with E-state index in [0.717, 1.165) is 7.11 Å². The number of aliphatic hydroxyl groups is 1. The molecule has 0 aliphatic rings. The fraction of sp³-hybridized carbons (Fsp3) is 1.00. The molecule has 0 aliphatic heterocycles. The van der Waals surface area contributed by atoms with E-state index in [0.29, 0.717) is 0 Å². The Kier molecular flexibility index (Phi) is 11.1. The van der Waals surface area contributed by atoms with Crippen LogP contribution in [0.15, 0.2) is 0 Å². The van der Waals surface area contributed by atoms with Gasteiger partial charge < -0.3 is 5.11 Å². The predicted molar refractivity (Wildman–Crippen MR) is 80.7 cm³/mol. The maximum absolute atomic E-state index is 11.4. The molecule has 5 heteroatoms. The SMILES string of the molecule is CC(C)(C)S.CC(C)S(=O)(=O)C(C)(C)C.CO. The minimum atomic E-state index is -2.91. The largest absolute Gasteiger partial charge is 0.400 e. The van der Waals surface area contributed by atoms with Crippen molar-refractivity contribution in [1.29, 1.82) is 0 Å². The average Bonchev–Trinajstić information content (AvgIpc) is 2.02. The van der Waals surface area contributed by atoms with Crippen LogP contribution in [0.25, 0.3) is 0 Å². The molecule has 0 saturated carbocycles. The van der Waals surface area contributed by atoms with E-state index in [9.17, 15) is 8.42 Å². The molecule has 0 rings (SSSR count). The zero-order valence-electron chi connectivity index (χ0n) is 12.7. The summed E-state index contributed by atoms with van der Waals surface area (Å²) < 4.78 is 22.3. The second-order valence-electron chi connectivity index (χ2n) is 5.88. The van der Waals surface area contributed by atoms with E-state index in [-0.39, 0.29) is 10.00 Å². The summed E-state index contributed by atoms with van der Waals surface area (Å²) in [6, 6.07) is 0. The quantitative estimate of drug-likeness (QED) is 0.729. The van der Waals surface area contributed by atoms with Crippen molar-refractivity contribution in [3.05, 3.63) is 0 Å². The highest BCUT2D eigenvalue weighted by atomic mass is 32.2. The second-order valence-corrected chi connectivity index (χ2v) is 10.5. The first-order valence-electron chi connectivity index (χ1n) is 5.60. The van der Waals surface area contributed by atoms with Crippen molar-refractivity contribution in [2.45, 2.75) is 70.1 Å². The topological polar surface area (TPSA) is 54.4 Å². The lowest BCUT2D eigenvalue weighted by Crippen LogP contribution is -2.34. The fourth-order valence-corrected chi connectivity index (χ4v) is 2.12. The van der Waals surface area contributed by atoms with Gasteiger partial charge in [0.25, 0.3) is 0 Å². The molecule has 0 aromatic carbocycles. The number of hydrogen-bond acceptors (Lipinski definition) is 4. The molecule has 0 spiro atoms. The van der Waals surface area contributed by atoms with Gasteiger partial charge in [-0.25, -0.2) is 8.42 Å². The van der Waals surface area contributed by atoms with Gasteiger partial charge in [-0.3, -0.25) is 0 Å². The van der Waals surface area contributed by atoms with Crippen molar-refractivity contribution < 1.29 is 13.5 Å². The lowest BCUT2D eigenvalue weighted by Gasteiger charge is -2.21. The average molecular weight is 287 g/mol. The number of rotatable bonds is 1. The maximum atomic E-state index is 11.4. The summed E-state index contributed by atoms with van der Waals surface area (Å²) in [4.78, 5) is 0. The summed E-state index contributed by atoms with van der Waals surface area (Å²) in [5, 5.41) is 6.73. The summed E-state index contributed by atoms with van der Waals surface area (Å²) in [7, 11) is -1.91. The molecule has 0 aromatic rings. The Morgan fingerprint density at radius 1 is 0.941 bits per heavy atom. The van der Waals surface area contributed by atoms with E-state index in [1.54, 1.807) is 34.6 Å². The van der Waals surface area contributed by atoms with E-state index in [1.807, 2.05) is 0 Å². The van der Waals surface area contributed by atoms with Gasteiger partial charge in [-0.05, 0) is 34.6 Å². The van der Waals surface area contributed by atoms with Crippen molar-refractivity contribution in [1.82, 2.24) is 0 Å². The molecule has 1 N–H and O–H groups in total. The van der Waals surface area contributed by atoms with Crippen LogP contribution in [0.2, 0.25) is 0 Å². The number of thiol groups is 1. The van der Waals surface area contributed by atoms with Crippen molar-refractivity contribution in [3.8, 4) is 0 Å². The zero-order chi connectivity index (χ0) is 15.1. The Balaban J connectivity index is -0.000000236. The minimum Gasteiger partial charge on any atom is -0.400 e. The molecular formula is C12H30O3S2. The summed E-state index contributed by atoms with van der Waals surface area (Å²) in [5.74, 6) is 0. The first-order chi connectivity index (χ1) is 7.19. The first-order valence-corrected chi connectivity index (χ1v) is 7.59. The van der Waals surface area contributed by atoms with Crippen LogP contribution in [0, 0.1) is 0 Å². The predicted octanol–water partition coefficient (Wildman–Crippen LogP) is 2.93.